The summed E-state index contributed by atoms with van der Waals surface area (Å²) in [5.41, 5.74) is 0.966. The van der Waals surface area contributed by atoms with Crippen molar-refractivity contribution >= 4 is 15.9 Å². The highest BCUT2D eigenvalue weighted by Gasteiger charge is 2.48. The van der Waals surface area contributed by atoms with Crippen molar-refractivity contribution in [2.24, 2.45) is 17.8 Å². The number of rotatable bonds is 3. The highest BCUT2D eigenvalue weighted by Crippen LogP contribution is 2.57. The maximum Gasteiger partial charge on any atom is 0.0996 e. The summed E-state index contributed by atoms with van der Waals surface area (Å²) in [6, 6.07) is 0. The van der Waals surface area contributed by atoms with Gasteiger partial charge in [0.2, 0.25) is 0 Å². The zero-order valence-electron chi connectivity index (χ0n) is 9.43. The van der Waals surface area contributed by atoms with Crippen molar-refractivity contribution in [3.05, 3.63) is 16.4 Å². The Balaban J connectivity index is 1.82. The van der Waals surface area contributed by atoms with E-state index in [4.69, 9.17) is 0 Å². The van der Waals surface area contributed by atoms with Crippen LogP contribution in [0, 0.1) is 17.8 Å². The Kier molecular flexibility index (Phi) is 2.59. The van der Waals surface area contributed by atoms with Crippen molar-refractivity contribution in [1.29, 1.82) is 0 Å². The minimum Gasteiger partial charge on any atom is -0.386 e. The van der Waals surface area contributed by atoms with E-state index < -0.39 is 0 Å². The van der Waals surface area contributed by atoms with Crippen LogP contribution in [0.2, 0.25) is 0 Å². The summed E-state index contributed by atoms with van der Waals surface area (Å²) in [4.78, 5) is 0. The summed E-state index contributed by atoms with van der Waals surface area (Å²) in [6.45, 7) is 2.87. The third-order valence-electron chi connectivity index (χ3n) is 4.14. The number of nitrogens with zero attached hydrogens (tertiary/aromatic N) is 2. The van der Waals surface area contributed by atoms with Crippen LogP contribution in [0.1, 0.15) is 38.0 Å². The van der Waals surface area contributed by atoms with Crippen molar-refractivity contribution < 1.29 is 5.11 Å². The van der Waals surface area contributed by atoms with Crippen LogP contribution in [-0.4, -0.2) is 14.9 Å². The number of fused-ring (bicyclic) bond motifs is 1. The molecule has 1 N–H and O–H groups in total. The first kappa shape index (κ1) is 10.8. The molecule has 2 aliphatic rings. The first-order valence-corrected chi connectivity index (χ1v) is 6.89. The fraction of sp³-hybridized carbons (Fsp3) is 0.750. The molecule has 0 spiro atoms. The van der Waals surface area contributed by atoms with Crippen LogP contribution in [0.3, 0.4) is 0 Å². The Morgan fingerprint density at radius 1 is 1.50 bits per heavy atom. The zero-order valence-corrected chi connectivity index (χ0v) is 11.0. The van der Waals surface area contributed by atoms with E-state index in [0.29, 0.717) is 5.92 Å². The van der Waals surface area contributed by atoms with Gasteiger partial charge in [-0.3, -0.25) is 4.68 Å². The van der Waals surface area contributed by atoms with Crippen LogP contribution < -0.4 is 0 Å². The molecular weight excluding hydrogens is 268 g/mol. The van der Waals surface area contributed by atoms with Gasteiger partial charge in [0.1, 0.15) is 0 Å². The normalized spacial score (nSPS) is 33.8. The maximum absolute atomic E-state index is 10.4. The van der Waals surface area contributed by atoms with Crippen LogP contribution in [-0.2, 0) is 6.54 Å². The Morgan fingerprint density at radius 2 is 2.19 bits per heavy atom. The Hall–Kier alpha value is -0.350. The van der Waals surface area contributed by atoms with Gasteiger partial charge in [-0.25, -0.2) is 0 Å². The smallest absolute Gasteiger partial charge is 0.0996 e. The molecule has 0 aliphatic heterocycles. The molecule has 0 amide bonds. The van der Waals surface area contributed by atoms with Gasteiger partial charge in [0, 0.05) is 6.54 Å². The van der Waals surface area contributed by atoms with E-state index in [9.17, 15) is 5.11 Å². The van der Waals surface area contributed by atoms with E-state index in [2.05, 4.69) is 28.0 Å². The van der Waals surface area contributed by atoms with Gasteiger partial charge >= 0.3 is 0 Å². The highest BCUT2D eigenvalue weighted by atomic mass is 79.9. The lowest BCUT2D eigenvalue weighted by atomic mass is 9.94. The molecule has 0 saturated heterocycles. The molecule has 88 valence electrons. The molecule has 4 heteroatoms. The zero-order chi connectivity index (χ0) is 11.3. The minimum absolute atomic E-state index is 0.343. The highest BCUT2D eigenvalue weighted by molar-refractivity contribution is 9.10. The molecule has 2 fully saturated rings. The fourth-order valence-electron chi connectivity index (χ4n) is 3.16. The molecule has 2 aliphatic carbocycles. The van der Waals surface area contributed by atoms with Crippen LogP contribution in [0.25, 0.3) is 0 Å². The third-order valence-corrected chi connectivity index (χ3v) is 4.75. The van der Waals surface area contributed by atoms with Gasteiger partial charge < -0.3 is 5.11 Å². The average Bonchev–Trinajstić information content (AvgIpc) is 2.74. The lowest BCUT2D eigenvalue weighted by Gasteiger charge is -2.20. The second-order valence-corrected chi connectivity index (χ2v) is 5.98. The van der Waals surface area contributed by atoms with E-state index in [1.807, 2.05) is 4.68 Å². The van der Waals surface area contributed by atoms with Crippen LogP contribution >= 0.6 is 15.9 Å². The van der Waals surface area contributed by atoms with Gasteiger partial charge in [0.25, 0.3) is 0 Å². The number of aromatic nitrogens is 2. The summed E-state index contributed by atoms with van der Waals surface area (Å²) in [7, 11) is 0. The van der Waals surface area contributed by atoms with Crippen molar-refractivity contribution in [3.63, 3.8) is 0 Å². The minimum atomic E-state index is -0.343. The van der Waals surface area contributed by atoms with Crippen molar-refractivity contribution in [1.82, 2.24) is 9.78 Å². The number of halogens is 1. The monoisotopic (exact) mass is 284 g/mol. The molecule has 3 rings (SSSR count). The maximum atomic E-state index is 10.4. The number of hydrogen-bond acceptors (Lipinski definition) is 2. The van der Waals surface area contributed by atoms with E-state index in [0.717, 1.165) is 28.5 Å². The van der Waals surface area contributed by atoms with Gasteiger partial charge in [-0.05, 0) is 59.9 Å². The molecule has 3 unspecified atom stereocenters. The summed E-state index contributed by atoms with van der Waals surface area (Å²) in [5.74, 6) is 2.27. The predicted octanol–water partition coefficient (Wildman–Crippen LogP) is 2.75. The summed E-state index contributed by atoms with van der Waals surface area (Å²) in [5, 5.41) is 14.7. The topological polar surface area (TPSA) is 38.0 Å². The quantitative estimate of drug-likeness (QED) is 0.927. The standard InChI is InChI=1S/C12H17BrN2O/c1-2-15-11(10(13)6-14-15)12(16)9-4-7-3-8(7)5-9/h6-9,12,16H,2-5H2,1H3. The molecule has 3 nitrogen and oxygen atoms in total. The Morgan fingerprint density at radius 3 is 2.81 bits per heavy atom. The largest absolute Gasteiger partial charge is 0.386 e. The molecule has 16 heavy (non-hydrogen) atoms. The van der Waals surface area contributed by atoms with Gasteiger partial charge in [-0.2, -0.15) is 5.10 Å². The molecule has 1 heterocycles. The lowest BCUT2D eigenvalue weighted by molar-refractivity contribution is 0.0947. The molecule has 2 saturated carbocycles. The third kappa shape index (κ3) is 1.63. The van der Waals surface area contributed by atoms with Crippen LogP contribution in [0.4, 0.5) is 0 Å². The molecule has 0 bridgehead atoms. The van der Waals surface area contributed by atoms with E-state index in [1.165, 1.54) is 19.3 Å². The summed E-state index contributed by atoms with van der Waals surface area (Å²) < 4.78 is 2.85. The van der Waals surface area contributed by atoms with Crippen LogP contribution in [0.5, 0.6) is 0 Å². The average molecular weight is 285 g/mol. The second kappa shape index (κ2) is 3.84. The van der Waals surface area contributed by atoms with E-state index in [-0.39, 0.29) is 6.10 Å². The van der Waals surface area contributed by atoms with Crippen LogP contribution in [0.15, 0.2) is 10.7 Å². The molecular formula is C12H17BrN2O. The first-order valence-electron chi connectivity index (χ1n) is 6.10. The first-order chi connectivity index (χ1) is 7.70. The Labute approximate surface area is 104 Å². The summed E-state index contributed by atoms with van der Waals surface area (Å²) in [6.07, 6.45) is 5.25. The molecule has 1 aromatic heterocycles. The Bertz CT molecular complexity index is 394. The fourth-order valence-corrected chi connectivity index (χ4v) is 3.69. The summed E-state index contributed by atoms with van der Waals surface area (Å²) >= 11 is 3.49. The molecule has 1 aromatic rings. The SMILES string of the molecule is CCn1ncc(Br)c1C(O)C1CC2CC2C1. The molecule has 0 radical (unpaired) electrons. The molecule has 0 aromatic carbocycles. The van der Waals surface area contributed by atoms with Crippen molar-refractivity contribution in [2.75, 3.05) is 0 Å². The van der Waals surface area contributed by atoms with Gasteiger partial charge in [-0.15, -0.1) is 0 Å². The van der Waals surface area contributed by atoms with Gasteiger partial charge in [-0.1, -0.05) is 0 Å². The van der Waals surface area contributed by atoms with Crippen molar-refractivity contribution in [3.8, 4) is 0 Å². The van der Waals surface area contributed by atoms with E-state index >= 15 is 0 Å². The van der Waals surface area contributed by atoms with Gasteiger partial charge in [0.15, 0.2) is 0 Å². The number of aliphatic hydroxyl groups is 1. The second-order valence-electron chi connectivity index (χ2n) is 5.13. The van der Waals surface area contributed by atoms with E-state index in [1.54, 1.807) is 6.20 Å². The number of aliphatic hydroxyl groups excluding tert-OH is 1. The lowest BCUT2D eigenvalue weighted by Crippen LogP contribution is -2.16. The predicted molar refractivity (Wildman–Crippen MR) is 64.9 cm³/mol. The van der Waals surface area contributed by atoms with Gasteiger partial charge in [0.05, 0.1) is 22.5 Å². The number of hydrogen-bond donors (Lipinski definition) is 1. The molecule has 3 atom stereocenters. The van der Waals surface area contributed by atoms with Crippen molar-refractivity contribution in [2.45, 2.75) is 38.8 Å². The number of aryl methyl sites for hydroxylation is 1.